The molecule has 0 fully saturated rings. The predicted octanol–water partition coefficient (Wildman–Crippen LogP) is 2.78. The summed E-state index contributed by atoms with van der Waals surface area (Å²) in [5.41, 5.74) is 0.496. The fourth-order valence-electron chi connectivity index (χ4n) is 1.73. The molecule has 0 unspecified atom stereocenters. The molecule has 108 valence electrons. The van der Waals surface area contributed by atoms with Crippen molar-refractivity contribution in [1.82, 2.24) is 0 Å². The lowest BCUT2D eigenvalue weighted by Gasteiger charge is -2.11. The number of carboxylic acids is 1. The van der Waals surface area contributed by atoms with Crippen molar-refractivity contribution in [3.63, 3.8) is 0 Å². The SMILES string of the molecule is COc1ccc(C(=O)O)cc1NC(=O)c1ccc(F)cc1. The van der Waals surface area contributed by atoms with Gasteiger partial charge >= 0.3 is 5.97 Å². The first-order valence-electron chi connectivity index (χ1n) is 5.99. The maximum atomic E-state index is 12.8. The molecule has 0 aliphatic rings. The van der Waals surface area contributed by atoms with Crippen LogP contribution in [0.2, 0.25) is 0 Å². The number of aromatic carboxylic acids is 1. The Morgan fingerprint density at radius 3 is 2.29 bits per heavy atom. The van der Waals surface area contributed by atoms with Gasteiger partial charge in [-0.3, -0.25) is 4.79 Å². The van der Waals surface area contributed by atoms with E-state index in [0.717, 1.165) is 0 Å². The van der Waals surface area contributed by atoms with Crippen LogP contribution in [0.25, 0.3) is 0 Å². The molecule has 1 amide bonds. The lowest BCUT2D eigenvalue weighted by Crippen LogP contribution is -2.13. The van der Waals surface area contributed by atoms with Crippen molar-refractivity contribution in [3.05, 3.63) is 59.4 Å². The molecule has 0 saturated carbocycles. The number of carbonyl (C=O) groups is 2. The first-order valence-corrected chi connectivity index (χ1v) is 5.99. The highest BCUT2D eigenvalue weighted by Crippen LogP contribution is 2.26. The Balaban J connectivity index is 2.29. The molecule has 2 rings (SSSR count). The number of carboxylic acid groups (broad SMARTS) is 1. The van der Waals surface area contributed by atoms with E-state index in [9.17, 15) is 14.0 Å². The zero-order chi connectivity index (χ0) is 15.4. The Hall–Kier alpha value is -2.89. The van der Waals surface area contributed by atoms with Gasteiger partial charge in [-0.2, -0.15) is 0 Å². The van der Waals surface area contributed by atoms with Crippen LogP contribution >= 0.6 is 0 Å². The van der Waals surface area contributed by atoms with Crippen molar-refractivity contribution in [2.75, 3.05) is 12.4 Å². The monoisotopic (exact) mass is 289 g/mol. The number of amides is 1. The summed E-state index contributed by atoms with van der Waals surface area (Å²) >= 11 is 0. The number of carbonyl (C=O) groups excluding carboxylic acids is 1. The molecular weight excluding hydrogens is 277 g/mol. The highest BCUT2D eigenvalue weighted by Gasteiger charge is 2.13. The number of anilines is 1. The van der Waals surface area contributed by atoms with E-state index in [1.54, 1.807) is 0 Å². The number of methoxy groups -OCH3 is 1. The number of rotatable bonds is 4. The number of ether oxygens (including phenoxy) is 1. The van der Waals surface area contributed by atoms with Crippen LogP contribution in [0.15, 0.2) is 42.5 Å². The lowest BCUT2D eigenvalue weighted by molar-refractivity contribution is 0.0696. The molecule has 5 nitrogen and oxygen atoms in total. The lowest BCUT2D eigenvalue weighted by atomic mass is 10.1. The van der Waals surface area contributed by atoms with Gasteiger partial charge in [0.25, 0.3) is 5.91 Å². The summed E-state index contributed by atoms with van der Waals surface area (Å²) in [4.78, 5) is 23.0. The Bertz CT molecular complexity index is 683. The van der Waals surface area contributed by atoms with Gasteiger partial charge in [0.15, 0.2) is 0 Å². The van der Waals surface area contributed by atoms with Crippen LogP contribution in [0, 0.1) is 5.82 Å². The van der Waals surface area contributed by atoms with E-state index in [4.69, 9.17) is 9.84 Å². The summed E-state index contributed by atoms with van der Waals surface area (Å²) in [6, 6.07) is 9.11. The zero-order valence-corrected chi connectivity index (χ0v) is 11.1. The number of halogens is 1. The van der Waals surface area contributed by atoms with Crippen molar-refractivity contribution in [3.8, 4) is 5.75 Å². The molecule has 0 saturated heterocycles. The molecule has 0 aliphatic carbocycles. The zero-order valence-electron chi connectivity index (χ0n) is 11.1. The highest BCUT2D eigenvalue weighted by atomic mass is 19.1. The van der Waals surface area contributed by atoms with E-state index < -0.39 is 17.7 Å². The second-order valence-corrected chi connectivity index (χ2v) is 4.18. The van der Waals surface area contributed by atoms with Crippen LogP contribution in [-0.2, 0) is 0 Å². The van der Waals surface area contributed by atoms with Crippen LogP contribution in [0.1, 0.15) is 20.7 Å². The van der Waals surface area contributed by atoms with Crippen LogP contribution in [0.5, 0.6) is 5.75 Å². The summed E-state index contributed by atoms with van der Waals surface area (Å²) in [5, 5.41) is 11.5. The third-order valence-electron chi connectivity index (χ3n) is 2.80. The van der Waals surface area contributed by atoms with Crippen molar-refractivity contribution >= 4 is 17.6 Å². The molecule has 6 heteroatoms. The molecule has 0 aliphatic heterocycles. The summed E-state index contributed by atoms with van der Waals surface area (Å²) in [6.07, 6.45) is 0. The Morgan fingerprint density at radius 1 is 1.10 bits per heavy atom. The van der Waals surface area contributed by atoms with E-state index in [1.165, 1.54) is 49.6 Å². The summed E-state index contributed by atoms with van der Waals surface area (Å²) in [6.45, 7) is 0. The minimum atomic E-state index is -1.12. The first kappa shape index (κ1) is 14.5. The molecule has 0 aromatic heterocycles. The second kappa shape index (κ2) is 6.04. The first-order chi connectivity index (χ1) is 10.0. The third kappa shape index (κ3) is 3.36. The van der Waals surface area contributed by atoms with Gasteiger partial charge in [-0.25, -0.2) is 9.18 Å². The number of hydrogen-bond donors (Lipinski definition) is 2. The van der Waals surface area contributed by atoms with Crippen LogP contribution in [-0.4, -0.2) is 24.1 Å². The number of hydrogen-bond acceptors (Lipinski definition) is 3. The van der Waals surface area contributed by atoms with Gasteiger partial charge in [0.1, 0.15) is 11.6 Å². The quantitative estimate of drug-likeness (QED) is 0.907. The van der Waals surface area contributed by atoms with E-state index >= 15 is 0 Å². The standard InChI is InChI=1S/C15H12FNO4/c1-21-13-7-4-10(15(19)20)8-12(13)17-14(18)9-2-5-11(16)6-3-9/h2-8H,1H3,(H,17,18)(H,19,20). The van der Waals surface area contributed by atoms with Gasteiger partial charge < -0.3 is 15.2 Å². The fourth-order valence-corrected chi connectivity index (χ4v) is 1.73. The van der Waals surface area contributed by atoms with Gasteiger partial charge in [0.05, 0.1) is 18.4 Å². The molecular formula is C15H12FNO4. The maximum Gasteiger partial charge on any atom is 0.335 e. The molecule has 0 radical (unpaired) electrons. The van der Waals surface area contributed by atoms with Crippen LogP contribution in [0.4, 0.5) is 10.1 Å². The maximum absolute atomic E-state index is 12.8. The van der Waals surface area contributed by atoms with Crippen LogP contribution in [0.3, 0.4) is 0 Å². The summed E-state index contributed by atoms with van der Waals surface area (Å²) < 4.78 is 17.9. The number of nitrogens with one attached hydrogen (secondary N) is 1. The normalized spacial score (nSPS) is 10.0. The van der Waals surface area contributed by atoms with E-state index in [-0.39, 0.29) is 16.8 Å². The predicted molar refractivity (Wildman–Crippen MR) is 74.3 cm³/mol. The van der Waals surface area contributed by atoms with E-state index in [1.807, 2.05) is 0 Å². The fraction of sp³-hybridized carbons (Fsp3) is 0.0667. The van der Waals surface area contributed by atoms with E-state index in [2.05, 4.69) is 5.32 Å². The molecule has 0 atom stereocenters. The second-order valence-electron chi connectivity index (χ2n) is 4.18. The molecule has 2 aromatic rings. The van der Waals surface area contributed by atoms with Gasteiger partial charge in [-0.1, -0.05) is 0 Å². The molecule has 2 N–H and O–H groups in total. The Kier molecular flexibility index (Phi) is 4.18. The Labute approximate surface area is 120 Å². The molecule has 0 bridgehead atoms. The van der Waals surface area contributed by atoms with E-state index in [0.29, 0.717) is 5.75 Å². The average Bonchev–Trinajstić information content (AvgIpc) is 2.47. The van der Waals surface area contributed by atoms with Crippen molar-refractivity contribution < 1.29 is 23.8 Å². The van der Waals surface area contributed by atoms with Crippen molar-refractivity contribution in [2.24, 2.45) is 0 Å². The van der Waals surface area contributed by atoms with Crippen molar-refractivity contribution in [2.45, 2.75) is 0 Å². The third-order valence-corrected chi connectivity index (χ3v) is 2.80. The molecule has 21 heavy (non-hydrogen) atoms. The average molecular weight is 289 g/mol. The van der Waals surface area contributed by atoms with Gasteiger partial charge in [0, 0.05) is 5.56 Å². The smallest absolute Gasteiger partial charge is 0.335 e. The molecule has 0 spiro atoms. The minimum absolute atomic E-state index is 0.0187. The highest BCUT2D eigenvalue weighted by molar-refractivity contribution is 6.05. The van der Waals surface area contributed by atoms with Crippen molar-refractivity contribution in [1.29, 1.82) is 0 Å². The minimum Gasteiger partial charge on any atom is -0.495 e. The topological polar surface area (TPSA) is 75.6 Å². The molecule has 2 aromatic carbocycles. The summed E-state index contributed by atoms with van der Waals surface area (Å²) in [7, 11) is 1.41. The van der Waals surface area contributed by atoms with Gasteiger partial charge in [0.2, 0.25) is 0 Å². The number of benzene rings is 2. The molecule has 0 heterocycles. The largest absolute Gasteiger partial charge is 0.495 e. The van der Waals surface area contributed by atoms with Gasteiger partial charge in [-0.05, 0) is 42.5 Å². The summed E-state index contributed by atoms with van der Waals surface area (Å²) in [5.74, 6) is -1.72. The van der Waals surface area contributed by atoms with Crippen LogP contribution < -0.4 is 10.1 Å². The van der Waals surface area contributed by atoms with Gasteiger partial charge in [-0.15, -0.1) is 0 Å². The Morgan fingerprint density at radius 2 is 1.71 bits per heavy atom.